The summed E-state index contributed by atoms with van der Waals surface area (Å²) in [6.07, 6.45) is 1.07. The van der Waals surface area contributed by atoms with Gasteiger partial charge in [-0.1, -0.05) is 30.3 Å². The number of benzene rings is 1. The van der Waals surface area contributed by atoms with E-state index in [-0.39, 0.29) is 5.91 Å². The van der Waals surface area contributed by atoms with Gasteiger partial charge in [0, 0.05) is 31.7 Å². The van der Waals surface area contributed by atoms with E-state index in [1.807, 2.05) is 26.8 Å². The number of likely N-dealkylation sites (tertiary alicyclic amines) is 1. The molecule has 0 radical (unpaired) electrons. The van der Waals surface area contributed by atoms with Gasteiger partial charge in [0.25, 0.3) is 0 Å². The maximum absolute atomic E-state index is 11.5. The molecular weight excluding hydrogens is 326 g/mol. The second-order valence-electron chi connectivity index (χ2n) is 7.78. The number of carbonyl (C=O) groups is 1. The van der Waals surface area contributed by atoms with Gasteiger partial charge in [-0.3, -0.25) is 14.7 Å². The Morgan fingerprint density at radius 3 is 2.65 bits per heavy atom. The van der Waals surface area contributed by atoms with Crippen LogP contribution in [0.3, 0.4) is 0 Å². The van der Waals surface area contributed by atoms with Gasteiger partial charge in [0.05, 0.1) is 12.0 Å². The Balaban J connectivity index is 1.95. The Kier molecular flexibility index (Phi) is 7.03. The molecule has 6 heteroatoms. The number of primary amides is 1. The van der Waals surface area contributed by atoms with E-state index in [1.165, 1.54) is 5.56 Å². The number of hydrogen-bond acceptors (Lipinski definition) is 3. The molecule has 1 aliphatic heterocycles. The molecule has 6 nitrogen and oxygen atoms in total. The van der Waals surface area contributed by atoms with E-state index in [0.717, 1.165) is 32.0 Å². The molecule has 2 atom stereocenters. The van der Waals surface area contributed by atoms with E-state index in [0.29, 0.717) is 18.6 Å². The number of amides is 1. The first-order valence-corrected chi connectivity index (χ1v) is 9.44. The Bertz CT molecular complexity index is 614. The number of hydrogen-bond donors (Lipinski definition) is 3. The molecule has 1 heterocycles. The highest BCUT2D eigenvalue weighted by Crippen LogP contribution is 2.20. The molecule has 1 aromatic carbocycles. The highest BCUT2D eigenvalue weighted by molar-refractivity contribution is 5.82. The standard InChI is InChI=1S/C20H33N5O/c1-5-22-19(23-14-20(3,4)18(21)26)24-17-11-15(2)25(13-17)12-16-9-7-6-8-10-16/h6-10,15,17H,5,11-14H2,1-4H3,(H2,21,26)(H2,22,23,24). The molecule has 0 aromatic heterocycles. The molecule has 1 aromatic rings. The van der Waals surface area contributed by atoms with Crippen molar-refractivity contribution in [2.45, 2.75) is 52.7 Å². The summed E-state index contributed by atoms with van der Waals surface area (Å²) in [5, 5.41) is 6.79. The van der Waals surface area contributed by atoms with Crippen LogP contribution in [-0.4, -0.2) is 48.5 Å². The Morgan fingerprint density at radius 2 is 2.04 bits per heavy atom. The number of nitrogens with zero attached hydrogens (tertiary/aromatic N) is 2. The maximum Gasteiger partial charge on any atom is 0.224 e. The van der Waals surface area contributed by atoms with E-state index in [9.17, 15) is 4.79 Å². The highest BCUT2D eigenvalue weighted by atomic mass is 16.1. The van der Waals surface area contributed by atoms with Crippen LogP contribution in [0, 0.1) is 5.41 Å². The maximum atomic E-state index is 11.5. The SMILES string of the molecule is CCNC(=NCC(C)(C)C(N)=O)NC1CC(C)N(Cc2ccccc2)C1. The van der Waals surface area contributed by atoms with E-state index in [4.69, 9.17) is 5.73 Å². The molecule has 2 unspecified atom stereocenters. The lowest BCUT2D eigenvalue weighted by atomic mass is 9.93. The molecule has 1 saturated heterocycles. The predicted octanol–water partition coefficient (Wildman–Crippen LogP) is 1.72. The van der Waals surface area contributed by atoms with Crippen LogP contribution in [-0.2, 0) is 11.3 Å². The molecule has 26 heavy (non-hydrogen) atoms. The minimum Gasteiger partial charge on any atom is -0.369 e. The van der Waals surface area contributed by atoms with Crippen LogP contribution in [0.1, 0.15) is 39.7 Å². The average molecular weight is 360 g/mol. The molecule has 144 valence electrons. The summed E-state index contributed by atoms with van der Waals surface area (Å²) in [5.74, 6) is 0.418. The first-order valence-electron chi connectivity index (χ1n) is 9.44. The molecule has 0 spiro atoms. The third kappa shape index (κ3) is 5.73. The van der Waals surface area contributed by atoms with Gasteiger partial charge >= 0.3 is 0 Å². The Hall–Kier alpha value is -2.08. The number of aliphatic imine (C=N–C) groups is 1. The fourth-order valence-electron chi connectivity index (χ4n) is 3.11. The quantitative estimate of drug-likeness (QED) is 0.511. The monoisotopic (exact) mass is 359 g/mol. The normalized spacial score (nSPS) is 21.6. The summed E-state index contributed by atoms with van der Waals surface area (Å²) in [5.41, 5.74) is 6.14. The van der Waals surface area contributed by atoms with Crippen molar-refractivity contribution in [2.24, 2.45) is 16.1 Å². The number of carbonyl (C=O) groups excluding carboxylic acids is 1. The lowest BCUT2D eigenvalue weighted by Gasteiger charge is -2.22. The van der Waals surface area contributed by atoms with Crippen molar-refractivity contribution in [3.63, 3.8) is 0 Å². The lowest BCUT2D eigenvalue weighted by Crippen LogP contribution is -2.45. The van der Waals surface area contributed by atoms with Gasteiger partial charge in [0.15, 0.2) is 5.96 Å². The van der Waals surface area contributed by atoms with Crippen molar-refractivity contribution in [3.8, 4) is 0 Å². The van der Waals surface area contributed by atoms with Gasteiger partial charge in [0.2, 0.25) is 5.91 Å². The van der Waals surface area contributed by atoms with Crippen molar-refractivity contribution >= 4 is 11.9 Å². The molecule has 1 amide bonds. The lowest BCUT2D eigenvalue weighted by molar-refractivity contribution is -0.125. The van der Waals surface area contributed by atoms with Crippen LogP contribution in [0.15, 0.2) is 35.3 Å². The third-order valence-electron chi connectivity index (χ3n) is 4.92. The Morgan fingerprint density at radius 1 is 1.35 bits per heavy atom. The minimum atomic E-state index is -0.648. The van der Waals surface area contributed by atoms with Crippen LogP contribution < -0.4 is 16.4 Å². The van der Waals surface area contributed by atoms with Gasteiger partial charge in [-0.25, -0.2) is 0 Å². The van der Waals surface area contributed by atoms with Crippen LogP contribution in [0.4, 0.5) is 0 Å². The largest absolute Gasteiger partial charge is 0.369 e. The Labute approximate surface area is 157 Å². The molecular formula is C20H33N5O. The van der Waals surface area contributed by atoms with E-state index in [1.54, 1.807) is 0 Å². The summed E-state index contributed by atoms with van der Waals surface area (Å²) in [4.78, 5) is 18.6. The van der Waals surface area contributed by atoms with E-state index >= 15 is 0 Å². The number of rotatable bonds is 7. The smallest absolute Gasteiger partial charge is 0.224 e. The molecule has 0 aliphatic carbocycles. The number of guanidine groups is 1. The third-order valence-corrected chi connectivity index (χ3v) is 4.92. The summed E-state index contributed by atoms with van der Waals surface area (Å²) in [7, 11) is 0. The van der Waals surface area contributed by atoms with Crippen LogP contribution in [0.5, 0.6) is 0 Å². The van der Waals surface area contributed by atoms with Gasteiger partial charge in [-0.05, 0) is 39.7 Å². The van der Waals surface area contributed by atoms with Gasteiger partial charge in [0.1, 0.15) is 0 Å². The molecule has 0 saturated carbocycles. The first kappa shape index (κ1) is 20.2. The topological polar surface area (TPSA) is 82.7 Å². The average Bonchev–Trinajstić information content (AvgIpc) is 2.93. The van der Waals surface area contributed by atoms with Gasteiger partial charge in [-0.15, -0.1) is 0 Å². The molecule has 2 rings (SSSR count). The summed E-state index contributed by atoms with van der Waals surface area (Å²) in [6, 6.07) is 11.4. The fraction of sp³-hybridized carbons (Fsp3) is 0.600. The zero-order valence-corrected chi connectivity index (χ0v) is 16.5. The van der Waals surface area contributed by atoms with E-state index < -0.39 is 5.41 Å². The molecule has 4 N–H and O–H groups in total. The van der Waals surface area contributed by atoms with Crippen LogP contribution in [0.25, 0.3) is 0 Å². The van der Waals surface area contributed by atoms with Crippen molar-refractivity contribution in [1.29, 1.82) is 0 Å². The van der Waals surface area contributed by atoms with Crippen molar-refractivity contribution in [1.82, 2.24) is 15.5 Å². The molecule has 1 fully saturated rings. The fourth-order valence-corrected chi connectivity index (χ4v) is 3.11. The van der Waals surface area contributed by atoms with E-state index in [2.05, 4.69) is 51.7 Å². The second-order valence-corrected chi connectivity index (χ2v) is 7.78. The zero-order valence-electron chi connectivity index (χ0n) is 16.5. The van der Waals surface area contributed by atoms with Crippen molar-refractivity contribution in [2.75, 3.05) is 19.6 Å². The highest BCUT2D eigenvalue weighted by Gasteiger charge is 2.30. The van der Waals surface area contributed by atoms with Crippen molar-refractivity contribution in [3.05, 3.63) is 35.9 Å². The first-order chi connectivity index (χ1) is 12.3. The van der Waals surface area contributed by atoms with Gasteiger partial charge < -0.3 is 16.4 Å². The molecule has 1 aliphatic rings. The zero-order chi connectivity index (χ0) is 19.2. The second kappa shape index (κ2) is 9.03. The molecule has 0 bridgehead atoms. The van der Waals surface area contributed by atoms with Gasteiger partial charge in [-0.2, -0.15) is 0 Å². The van der Waals surface area contributed by atoms with Crippen LogP contribution >= 0.6 is 0 Å². The summed E-state index contributed by atoms with van der Waals surface area (Å²) < 4.78 is 0. The number of nitrogens with one attached hydrogen (secondary N) is 2. The summed E-state index contributed by atoms with van der Waals surface area (Å²) >= 11 is 0. The van der Waals surface area contributed by atoms with Crippen LogP contribution in [0.2, 0.25) is 0 Å². The van der Waals surface area contributed by atoms with Crippen molar-refractivity contribution < 1.29 is 4.79 Å². The number of nitrogens with two attached hydrogens (primary N) is 1. The predicted molar refractivity (Wildman–Crippen MR) is 107 cm³/mol. The minimum absolute atomic E-state index is 0.333. The summed E-state index contributed by atoms with van der Waals surface area (Å²) in [6.45, 7) is 11.0.